The van der Waals surface area contributed by atoms with Crippen LogP contribution in [0.1, 0.15) is 27.2 Å². The summed E-state index contributed by atoms with van der Waals surface area (Å²) >= 11 is 1.50. The van der Waals surface area contributed by atoms with Gasteiger partial charge in [-0.25, -0.2) is 9.78 Å². The van der Waals surface area contributed by atoms with E-state index in [1.807, 2.05) is 49.6 Å². The highest BCUT2D eigenvalue weighted by atomic mass is 32.1. The van der Waals surface area contributed by atoms with Gasteiger partial charge in [-0.3, -0.25) is 5.43 Å². The van der Waals surface area contributed by atoms with E-state index in [4.69, 9.17) is 4.74 Å². The lowest BCUT2D eigenvalue weighted by Gasteiger charge is -2.06. The molecule has 25 heavy (non-hydrogen) atoms. The summed E-state index contributed by atoms with van der Waals surface area (Å²) in [4.78, 5) is 16.4. The fraction of sp³-hybridized carbons (Fsp3) is 0.105. The molecular weight excluding hydrogens is 334 g/mol. The van der Waals surface area contributed by atoms with Gasteiger partial charge in [0.1, 0.15) is 5.75 Å². The molecule has 0 aliphatic rings. The van der Waals surface area contributed by atoms with Crippen molar-refractivity contribution in [3.05, 3.63) is 76.3 Å². The number of rotatable bonds is 5. The number of hydrogen-bond donors (Lipinski definition) is 1. The van der Waals surface area contributed by atoms with E-state index in [0.717, 1.165) is 22.0 Å². The molecule has 126 valence electrons. The van der Waals surface area contributed by atoms with Gasteiger partial charge in [0.15, 0.2) is 0 Å². The molecule has 0 radical (unpaired) electrons. The van der Waals surface area contributed by atoms with E-state index in [0.29, 0.717) is 11.3 Å². The highest BCUT2D eigenvalue weighted by Gasteiger charge is 2.10. The number of nitrogens with one attached hydrogen (secondary N) is 1. The number of thiazole rings is 1. The standard InChI is InChI=1S/C19H17N3O2S/c1-13-5-3-4-6-17(13)18(23)24-16-9-7-15(8-10-16)11-20-22-19-21-14(2)12-25-19/h3-12H,1-2H3,(H,21,22)/b20-11-. The van der Waals surface area contributed by atoms with Gasteiger partial charge < -0.3 is 4.74 Å². The molecule has 3 aromatic rings. The summed E-state index contributed by atoms with van der Waals surface area (Å²) in [5.41, 5.74) is 6.18. The van der Waals surface area contributed by atoms with Gasteiger partial charge in [-0.1, -0.05) is 18.2 Å². The molecule has 0 spiro atoms. The van der Waals surface area contributed by atoms with Gasteiger partial charge >= 0.3 is 5.97 Å². The number of nitrogens with zero attached hydrogens (tertiary/aromatic N) is 2. The molecule has 1 N–H and O–H groups in total. The Bertz CT molecular complexity index is 901. The SMILES string of the molecule is Cc1csc(N/N=C\c2ccc(OC(=O)c3ccccc3C)cc2)n1. The van der Waals surface area contributed by atoms with Crippen molar-refractivity contribution < 1.29 is 9.53 Å². The Morgan fingerprint density at radius 2 is 1.92 bits per heavy atom. The highest BCUT2D eigenvalue weighted by Crippen LogP contribution is 2.16. The molecule has 0 amide bonds. The van der Waals surface area contributed by atoms with Crippen molar-refractivity contribution in [2.75, 3.05) is 5.43 Å². The van der Waals surface area contributed by atoms with Gasteiger partial charge in [0.25, 0.3) is 0 Å². The van der Waals surface area contributed by atoms with E-state index >= 15 is 0 Å². The minimum atomic E-state index is -0.361. The van der Waals surface area contributed by atoms with Crippen LogP contribution in [-0.4, -0.2) is 17.2 Å². The molecule has 0 aliphatic carbocycles. The lowest BCUT2D eigenvalue weighted by Crippen LogP contribution is -2.10. The number of ether oxygens (including phenoxy) is 1. The molecule has 1 heterocycles. The second-order valence-electron chi connectivity index (χ2n) is 5.44. The predicted molar refractivity (Wildman–Crippen MR) is 101 cm³/mol. The number of benzene rings is 2. The van der Waals surface area contributed by atoms with Crippen molar-refractivity contribution in [1.82, 2.24) is 4.98 Å². The first-order valence-corrected chi connectivity index (χ1v) is 8.59. The van der Waals surface area contributed by atoms with Gasteiger partial charge in [0, 0.05) is 5.38 Å². The number of hydrazone groups is 1. The molecule has 0 aliphatic heterocycles. The maximum atomic E-state index is 12.2. The van der Waals surface area contributed by atoms with Crippen molar-refractivity contribution in [1.29, 1.82) is 0 Å². The highest BCUT2D eigenvalue weighted by molar-refractivity contribution is 7.13. The Morgan fingerprint density at radius 1 is 1.16 bits per heavy atom. The van der Waals surface area contributed by atoms with Crippen LogP contribution in [-0.2, 0) is 0 Å². The molecule has 0 unspecified atom stereocenters. The largest absolute Gasteiger partial charge is 0.423 e. The average molecular weight is 351 g/mol. The van der Waals surface area contributed by atoms with E-state index in [9.17, 15) is 4.79 Å². The normalized spacial score (nSPS) is 10.8. The Morgan fingerprint density at radius 3 is 2.60 bits per heavy atom. The lowest BCUT2D eigenvalue weighted by atomic mass is 10.1. The summed E-state index contributed by atoms with van der Waals surface area (Å²) in [5.74, 6) is 0.134. The molecule has 0 atom stereocenters. The van der Waals surface area contributed by atoms with Gasteiger partial charge in [-0.2, -0.15) is 5.10 Å². The first-order chi connectivity index (χ1) is 12.1. The van der Waals surface area contributed by atoms with Gasteiger partial charge in [-0.05, 0) is 55.3 Å². The summed E-state index contributed by atoms with van der Waals surface area (Å²) in [7, 11) is 0. The maximum absolute atomic E-state index is 12.2. The molecule has 3 rings (SSSR count). The topological polar surface area (TPSA) is 63.6 Å². The van der Waals surface area contributed by atoms with E-state index in [-0.39, 0.29) is 5.97 Å². The monoisotopic (exact) mass is 351 g/mol. The Kier molecular flexibility index (Phi) is 5.20. The van der Waals surface area contributed by atoms with Crippen LogP contribution in [0.4, 0.5) is 5.13 Å². The van der Waals surface area contributed by atoms with Crippen LogP contribution in [0.15, 0.2) is 59.0 Å². The quantitative estimate of drug-likeness (QED) is 0.320. The molecule has 6 heteroatoms. The number of carbonyl (C=O) groups is 1. The fourth-order valence-corrected chi connectivity index (χ4v) is 2.79. The summed E-state index contributed by atoms with van der Waals surface area (Å²) in [6.45, 7) is 3.81. The van der Waals surface area contributed by atoms with Crippen molar-refractivity contribution >= 4 is 28.7 Å². The maximum Gasteiger partial charge on any atom is 0.343 e. The summed E-state index contributed by atoms with van der Waals surface area (Å²) in [5, 5.41) is 6.84. The number of aromatic nitrogens is 1. The van der Waals surface area contributed by atoms with Crippen LogP contribution in [0.3, 0.4) is 0 Å². The van der Waals surface area contributed by atoms with E-state index < -0.39 is 0 Å². The molecule has 2 aromatic carbocycles. The third-order valence-corrected chi connectivity index (χ3v) is 4.31. The van der Waals surface area contributed by atoms with Crippen molar-refractivity contribution in [3.8, 4) is 5.75 Å². The Labute approximate surface area is 150 Å². The van der Waals surface area contributed by atoms with E-state index in [2.05, 4.69) is 15.5 Å². The Balaban J connectivity index is 1.60. The second kappa shape index (κ2) is 7.72. The third kappa shape index (κ3) is 4.51. The summed E-state index contributed by atoms with van der Waals surface area (Å²) in [6, 6.07) is 14.5. The molecule has 0 saturated heterocycles. The zero-order chi connectivity index (χ0) is 17.6. The number of anilines is 1. The van der Waals surface area contributed by atoms with Gasteiger partial charge in [0.05, 0.1) is 17.5 Å². The summed E-state index contributed by atoms with van der Waals surface area (Å²) < 4.78 is 5.41. The van der Waals surface area contributed by atoms with Gasteiger partial charge in [-0.15, -0.1) is 11.3 Å². The van der Waals surface area contributed by atoms with Crippen molar-refractivity contribution in [2.45, 2.75) is 13.8 Å². The van der Waals surface area contributed by atoms with Crippen LogP contribution in [0, 0.1) is 13.8 Å². The fourth-order valence-electron chi connectivity index (χ4n) is 2.15. The second-order valence-corrected chi connectivity index (χ2v) is 6.30. The predicted octanol–water partition coefficient (Wildman–Crippen LogP) is 4.43. The van der Waals surface area contributed by atoms with Crippen LogP contribution in [0.5, 0.6) is 5.75 Å². The number of esters is 1. The zero-order valence-electron chi connectivity index (χ0n) is 13.9. The molecule has 1 aromatic heterocycles. The van der Waals surface area contributed by atoms with E-state index in [1.165, 1.54) is 11.3 Å². The zero-order valence-corrected chi connectivity index (χ0v) is 14.7. The first kappa shape index (κ1) is 16.9. The van der Waals surface area contributed by atoms with Crippen LogP contribution < -0.4 is 10.2 Å². The molecule has 0 bridgehead atoms. The Hall–Kier alpha value is -2.99. The van der Waals surface area contributed by atoms with Crippen molar-refractivity contribution in [2.24, 2.45) is 5.10 Å². The third-order valence-electron chi connectivity index (χ3n) is 3.45. The minimum absolute atomic E-state index is 0.361. The number of hydrogen-bond acceptors (Lipinski definition) is 6. The minimum Gasteiger partial charge on any atom is -0.423 e. The molecular formula is C19H17N3O2S. The average Bonchev–Trinajstić information content (AvgIpc) is 3.02. The number of aryl methyl sites for hydroxylation is 2. The number of carbonyl (C=O) groups excluding carboxylic acids is 1. The van der Waals surface area contributed by atoms with E-state index in [1.54, 1.807) is 24.4 Å². The van der Waals surface area contributed by atoms with Crippen LogP contribution in [0.25, 0.3) is 0 Å². The molecule has 0 fully saturated rings. The van der Waals surface area contributed by atoms with Gasteiger partial charge in [0.2, 0.25) is 5.13 Å². The van der Waals surface area contributed by atoms with Crippen molar-refractivity contribution in [3.63, 3.8) is 0 Å². The first-order valence-electron chi connectivity index (χ1n) is 7.71. The molecule has 0 saturated carbocycles. The molecule has 5 nitrogen and oxygen atoms in total. The van der Waals surface area contributed by atoms with Crippen LogP contribution in [0.2, 0.25) is 0 Å². The van der Waals surface area contributed by atoms with Crippen LogP contribution >= 0.6 is 11.3 Å². The lowest BCUT2D eigenvalue weighted by molar-refractivity contribution is 0.0734. The smallest absolute Gasteiger partial charge is 0.343 e. The summed E-state index contributed by atoms with van der Waals surface area (Å²) in [6.07, 6.45) is 1.68.